The van der Waals surface area contributed by atoms with Gasteiger partial charge in [0.15, 0.2) is 0 Å². The van der Waals surface area contributed by atoms with Gasteiger partial charge in [-0.25, -0.2) is 4.39 Å². The van der Waals surface area contributed by atoms with E-state index < -0.39 is 0 Å². The monoisotopic (exact) mass is 252 g/mol. The van der Waals surface area contributed by atoms with Crippen LogP contribution >= 0.6 is 0 Å². The molecule has 0 spiro atoms. The van der Waals surface area contributed by atoms with Gasteiger partial charge < -0.3 is 10.6 Å². The molecule has 0 aliphatic heterocycles. The van der Waals surface area contributed by atoms with Gasteiger partial charge in [-0.1, -0.05) is 32.4 Å². The lowest BCUT2D eigenvalue weighted by atomic mass is 9.95. The van der Waals surface area contributed by atoms with E-state index in [-0.39, 0.29) is 11.9 Å². The molecule has 0 aromatic heterocycles. The summed E-state index contributed by atoms with van der Waals surface area (Å²) in [7, 11) is 0. The summed E-state index contributed by atoms with van der Waals surface area (Å²) in [5.41, 5.74) is 6.57. The minimum Gasteiger partial charge on any atom is -0.365 e. The predicted octanol–water partition coefficient (Wildman–Crippen LogP) is 3.42. The van der Waals surface area contributed by atoms with E-state index >= 15 is 0 Å². The molecule has 102 valence electrons. The zero-order valence-corrected chi connectivity index (χ0v) is 11.7. The van der Waals surface area contributed by atoms with Crippen molar-refractivity contribution in [2.45, 2.75) is 39.7 Å². The van der Waals surface area contributed by atoms with E-state index in [4.69, 9.17) is 5.73 Å². The Morgan fingerprint density at radius 3 is 2.44 bits per heavy atom. The van der Waals surface area contributed by atoms with E-state index in [9.17, 15) is 4.39 Å². The van der Waals surface area contributed by atoms with Gasteiger partial charge in [-0.15, -0.1) is 0 Å². The first-order valence-corrected chi connectivity index (χ1v) is 6.86. The van der Waals surface area contributed by atoms with E-state index in [1.807, 2.05) is 19.1 Å². The molecule has 0 aliphatic rings. The molecule has 1 aromatic carbocycles. The van der Waals surface area contributed by atoms with Crippen LogP contribution in [-0.4, -0.2) is 19.1 Å². The van der Waals surface area contributed by atoms with Crippen LogP contribution in [0.3, 0.4) is 0 Å². The molecule has 0 fully saturated rings. The third kappa shape index (κ3) is 3.45. The highest BCUT2D eigenvalue weighted by atomic mass is 19.1. The maximum absolute atomic E-state index is 13.9. The molecule has 1 rings (SSSR count). The van der Waals surface area contributed by atoms with Crippen molar-refractivity contribution in [3.63, 3.8) is 0 Å². The van der Waals surface area contributed by atoms with Crippen LogP contribution in [0.2, 0.25) is 0 Å². The number of hydrogen-bond acceptors (Lipinski definition) is 2. The van der Waals surface area contributed by atoms with E-state index in [0.717, 1.165) is 19.4 Å². The number of hydrogen-bond donors (Lipinski definition) is 1. The fraction of sp³-hybridized carbons (Fsp3) is 0.600. The molecule has 3 heteroatoms. The van der Waals surface area contributed by atoms with Crippen LogP contribution in [0.1, 0.15) is 33.6 Å². The average molecular weight is 252 g/mol. The Labute approximate surface area is 110 Å². The number of nitrogens with zero attached hydrogens (tertiary/aromatic N) is 1. The highest BCUT2D eigenvalue weighted by molar-refractivity contribution is 5.48. The number of para-hydroxylation sites is 1. The molecule has 2 atom stereocenters. The smallest absolute Gasteiger partial charge is 0.146 e. The van der Waals surface area contributed by atoms with E-state index in [0.29, 0.717) is 18.2 Å². The van der Waals surface area contributed by atoms with Crippen molar-refractivity contribution in [2.75, 3.05) is 18.0 Å². The molecule has 2 nitrogen and oxygen atoms in total. The summed E-state index contributed by atoms with van der Waals surface area (Å²) in [6, 6.07) is 7.14. The Hall–Kier alpha value is -1.09. The number of likely N-dealkylation sites (N-methyl/N-ethyl adjacent to an activating group) is 1. The Kier molecular flexibility index (Phi) is 6.13. The second-order valence-electron chi connectivity index (χ2n) is 4.81. The van der Waals surface area contributed by atoms with E-state index in [1.54, 1.807) is 6.07 Å². The van der Waals surface area contributed by atoms with Crippen molar-refractivity contribution in [3.8, 4) is 0 Å². The molecule has 0 saturated carbocycles. The molecule has 0 saturated heterocycles. The van der Waals surface area contributed by atoms with Crippen molar-refractivity contribution in [1.29, 1.82) is 0 Å². The maximum atomic E-state index is 13.9. The summed E-state index contributed by atoms with van der Waals surface area (Å²) in [5.74, 6) is 0.307. The zero-order chi connectivity index (χ0) is 13.5. The van der Waals surface area contributed by atoms with E-state index in [1.165, 1.54) is 6.07 Å². The summed E-state index contributed by atoms with van der Waals surface area (Å²) in [6.07, 6.45) is 2.25. The first kappa shape index (κ1) is 15.0. The van der Waals surface area contributed by atoms with Crippen molar-refractivity contribution in [1.82, 2.24) is 0 Å². The van der Waals surface area contributed by atoms with Gasteiger partial charge in [0.05, 0.1) is 5.69 Å². The quantitative estimate of drug-likeness (QED) is 0.805. The van der Waals surface area contributed by atoms with Gasteiger partial charge in [-0.2, -0.15) is 0 Å². The highest BCUT2D eigenvalue weighted by Crippen LogP contribution is 2.25. The Bertz CT molecular complexity index is 354. The van der Waals surface area contributed by atoms with Gasteiger partial charge in [0, 0.05) is 19.1 Å². The first-order valence-electron chi connectivity index (χ1n) is 6.86. The number of rotatable bonds is 7. The summed E-state index contributed by atoms with van der Waals surface area (Å²) in [4.78, 5) is 2.09. The third-order valence-corrected chi connectivity index (χ3v) is 3.55. The van der Waals surface area contributed by atoms with Crippen molar-refractivity contribution in [2.24, 2.45) is 11.7 Å². The fourth-order valence-electron chi connectivity index (χ4n) is 2.58. The van der Waals surface area contributed by atoms with Crippen molar-refractivity contribution < 1.29 is 4.39 Å². The summed E-state index contributed by atoms with van der Waals surface area (Å²) >= 11 is 0. The molecular formula is C15H25FN2. The lowest BCUT2D eigenvalue weighted by molar-refractivity contribution is 0.401. The number of halogens is 1. The highest BCUT2D eigenvalue weighted by Gasteiger charge is 2.23. The van der Waals surface area contributed by atoms with Crippen LogP contribution in [0.15, 0.2) is 24.3 Å². The van der Waals surface area contributed by atoms with Crippen molar-refractivity contribution >= 4 is 5.69 Å². The van der Waals surface area contributed by atoms with Crippen LogP contribution in [0.4, 0.5) is 10.1 Å². The van der Waals surface area contributed by atoms with Crippen LogP contribution < -0.4 is 10.6 Å². The minimum atomic E-state index is -0.165. The SMILES string of the molecule is CCCC(C)C(CN)N(CC)c1ccccc1F. The molecule has 1 aromatic rings. The largest absolute Gasteiger partial charge is 0.365 e. The zero-order valence-electron chi connectivity index (χ0n) is 11.7. The van der Waals surface area contributed by atoms with Crippen LogP contribution in [0.25, 0.3) is 0 Å². The predicted molar refractivity (Wildman–Crippen MR) is 76.3 cm³/mol. The van der Waals surface area contributed by atoms with Crippen LogP contribution in [-0.2, 0) is 0 Å². The second kappa shape index (κ2) is 7.37. The van der Waals surface area contributed by atoms with Gasteiger partial charge >= 0.3 is 0 Å². The van der Waals surface area contributed by atoms with Crippen molar-refractivity contribution in [3.05, 3.63) is 30.1 Å². The summed E-state index contributed by atoms with van der Waals surface area (Å²) in [6.45, 7) is 7.75. The molecule has 18 heavy (non-hydrogen) atoms. The third-order valence-electron chi connectivity index (χ3n) is 3.55. The summed E-state index contributed by atoms with van der Waals surface area (Å²) in [5, 5.41) is 0. The molecule has 2 unspecified atom stereocenters. The molecule has 0 radical (unpaired) electrons. The van der Waals surface area contributed by atoms with Crippen LogP contribution in [0.5, 0.6) is 0 Å². The molecule has 0 bridgehead atoms. The molecule has 0 heterocycles. The van der Waals surface area contributed by atoms with Gasteiger partial charge in [-0.05, 0) is 31.4 Å². The lowest BCUT2D eigenvalue weighted by Gasteiger charge is -2.36. The first-order chi connectivity index (χ1) is 8.65. The number of benzene rings is 1. The summed E-state index contributed by atoms with van der Waals surface area (Å²) < 4.78 is 13.9. The Morgan fingerprint density at radius 2 is 1.94 bits per heavy atom. The van der Waals surface area contributed by atoms with Gasteiger partial charge in [0.25, 0.3) is 0 Å². The Balaban J connectivity index is 2.96. The maximum Gasteiger partial charge on any atom is 0.146 e. The average Bonchev–Trinajstić information content (AvgIpc) is 2.37. The Morgan fingerprint density at radius 1 is 1.28 bits per heavy atom. The lowest BCUT2D eigenvalue weighted by Crippen LogP contribution is -2.45. The molecular weight excluding hydrogens is 227 g/mol. The van der Waals surface area contributed by atoms with Crippen LogP contribution in [0, 0.1) is 11.7 Å². The normalized spacial score (nSPS) is 14.3. The minimum absolute atomic E-state index is 0.165. The topological polar surface area (TPSA) is 29.3 Å². The fourth-order valence-corrected chi connectivity index (χ4v) is 2.58. The molecule has 0 amide bonds. The number of anilines is 1. The standard InChI is InChI=1S/C15H25FN2/c1-4-8-12(3)15(11-17)18(5-2)14-10-7-6-9-13(14)16/h6-7,9-10,12,15H,4-5,8,11,17H2,1-3H3. The molecule has 2 N–H and O–H groups in total. The van der Waals surface area contributed by atoms with E-state index in [2.05, 4.69) is 18.7 Å². The van der Waals surface area contributed by atoms with Gasteiger partial charge in [0.2, 0.25) is 0 Å². The van der Waals surface area contributed by atoms with Gasteiger partial charge in [-0.3, -0.25) is 0 Å². The van der Waals surface area contributed by atoms with Gasteiger partial charge in [0.1, 0.15) is 5.82 Å². The second-order valence-corrected chi connectivity index (χ2v) is 4.81. The molecule has 0 aliphatic carbocycles. The number of nitrogens with two attached hydrogens (primary N) is 1.